The number of rotatable bonds is 0. The summed E-state index contributed by atoms with van der Waals surface area (Å²) in [6, 6.07) is 4.78. The van der Waals surface area contributed by atoms with Crippen molar-refractivity contribution in [2.24, 2.45) is 0 Å². The van der Waals surface area contributed by atoms with Gasteiger partial charge in [-0.3, -0.25) is 0 Å². The topological polar surface area (TPSA) is 15.8 Å². The Kier molecular flexibility index (Phi) is 1.36. The van der Waals surface area contributed by atoms with Crippen LogP contribution in [0.1, 0.15) is 0 Å². The number of nitrogens with one attached hydrogen (secondary N) is 1. The van der Waals surface area contributed by atoms with Crippen molar-refractivity contribution in [1.82, 2.24) is 4.98 Å². The number of aromatic nitrogens is 1. The maximum atomic E-state index is 13.1. The fourth-order valence-corrected chi connectivity index (χ4v) is 1.17. The summed E-state index contributed by atoms with van der Waals surface area (Å²) < 4.78 is 13.1. The van der Waals surface area contributed by atoms with Gasteiger partial charge >= 0.3 is 0 Å². The quantitative estimate of drug-likeness (QED) is 0.623. The molecule has 0 bridgehead atoms. The van der Waals surface area contributed by atoms with Crippen LogP contribution in [0.15, 0.2) is 18.2 Å². The van der Waals surface area contributed by atoms with Crippen molar-refractivity contribution in [3.63, 3.8) is 0 Å². The van der Waals surface area contributed by atoms with E-state index in [1.165, 1.54) is 12.1 Å². The molecular weight excluding hydrogens is 165 g/mol. The van der Waals surface area contributed by atoms with Gasteiger partial charge in [-0.2, -0.15) is 0 Å². The summed E-state index contributed by atoms with van der Waals surface area (Å²) in [6.07, 6.45) is 2.68. The molecule has 1 aromatic heterocycles. The van der Waals surface area contributed by atoms with E-state index in [0.29, 0.717) is 10.9 Å². The molecule has 1 radical (unpaired) electrons. The van der Waals surface area contributed by atoms with E-state index in [1.54, 1.807) is 6.07 Å². The number of benzene rings is 1. The zero-order valence-corrected chi connectivity index (χ0v) is 6.24. The molecule has 11 heavy (non-hydrogen) atoms. The average molecular weight is 169 g/mol. The first-order chi connectivity index (χ1) is 5.29. The monoisotopic (exact) mass is 168 g/mol. The number of hydrogen-bond donors (Lipinski definition) is 1. The van der Waals surface area contributed by atoms with Crippen LogP contribution < -0.4 is 0 Å². The Hall–Kier alpha value is -1.02. The van der Waals surface area contributed by atoms with Crippen LogP contribution in [0, 0.1) is 12.0 Å². The summed E-state index contributed by atoms with van der Waals surface area (Å²) in [4.78, 5) is 2.76. The van der Waals surface area contributed by atoms with Crippen LogP contribution in [-0.2, 0) is 0 Å². The van der Waals surface area contributed by atoms with Crippen LogP contribution in [0.25, 0.3) is 10.9 Å². The molecule has 0 saturated heterocycles. The maximum absolute atomic E-state index is 13.1. The van der Waals surface area contributed by atoms with Crippen molar-refractivity contribution in [3.8, 4) is 0 Å². The van der Waals surface area contributed by atoms with Gasteiger partial charge in [0.15, 0.2) is 5.82 Å². The van der Waals surface area contributed by atoms with Gasteiger partial charge in [0.1, 0.15) is 0 Å². The van der Waals surface area contributed by atoms with Crippen LogP contribution >= 0.6 is 11.6 Å². The Morgan fingerprint density at radius 3 is 3.09 bits per heavy atom. The number of aromatic amines is 1. The molecule has 0 aliphatic carbocycles. The highest BCUT2D eigenvalue weighted by molar-refractivity contribution is 6.31. The second kappa shape index (κ2) is 2.24. The minimum atomic E-state index is -0.387. The molecule has 2 rings (SSSR count). The maximum Gasteiger partial charge on any atom is 0.151 e. The molecule has 0 unspecified atom stereocenters. The van der Waals surface area contributed by atoms with E-state index in [9.17, 15) is 4.39 Å². The van der Waals surface area contributed by atoms with Gasteiger partial charge < -0.3 is 4.98 Å². The number of fused-ring (bicyclic) bond motifs is 1. The van der Waals surface area contributed by atoms with E-state index in [1.807, 2.05) is 0 Å². The van der Waals surface area contributed by atoms with Crippen molar-refractivity contribution in [2.45, 2.75) is 0 Å². The molecule has 3 heteroatoms. The molecule has 55 valence electrons. The molecule has 1 heterocycles. The molecule has 0 saturated carbocycles. The van der Waals surface area contributed by atoms with Gasteiger partial charge in [-0.05, 0) is 18.2 Å². The predicted octanol–water partition coefficient (Wildman–Crippen LogP) is 2.76. The third-order valence-electron chi connectivity index (χ3n) is 1.56. The van der Waals surface area contributed by atoms with Gasteiger partial charge in [0.25, 0.3) is 0 Å². The molecule has 0 amide bonds. The fourth-order valence-electron chi connectivity index (χ4n) is 1.00. The van der Waals surface area contributed by atoms with E-state index in [2.05, 4.69) is 11.2 Å². The van der Waals surface area contributed by atoms with E-state index >= 15 is 0 Å². The Morgan fingerprint density at radius 2 is 2.27 bits per heavy atom. The van der Waals surface area contributed by atoms with E-state index < -0.39 is 0 Å². The van der Waals surface area contributed by atoms with Crippen molar-refractivity contribution in [1.29, 1.82) is 0 Å². The lowest BCUT2D eigenvalue weighted by molar-refractivity contribution is 0.640. The summed E-state index contributed by atoms with van der Waals surface area (Å²) in [7, 11) is 0. The highest BCUT2D eigenvalue weighted by Crippen LogP contribution is 2.22. The number of hydrogen-bond acceptors (Lipinski definition) is 0. The minimum Gasteiger partial charge on any atom is -0.353 e. The minimum absolute atomic E-state index is 0.144. The Balaban J connectivity index is 2.93. The molecule has 1 nitrogen and oxygen atoms in total. The molecule has 1 aromatic carbocycles. The van der Waals surface area contributed by atoms with E-state index in [-0.39, 0.29) is 10.8 Å². The van der Waals surface area contributed by atoms with Crippen LogP contribution in [-0.4, -0.2) is 4.98 Å². The number of H-pyrrole nitrogens is 1. The van der Waals surface area contributed by atoms with Gasteiger partial charge in [-0.15, -0.1) is 0 Å². The van der Waals surface area contributed by atoms with E-state index in [4.69, 9.17) is 11.6 Å². The fraction of sp³-hybridized carbons (Fsp3) is 0. The molecule has 0 aliphatic rings. The van der Waals surface area contributed by atoms with Crippen molar-refractivity contribution in [3.05, 3.63) is 35.2 Å². The van der Waals surface area contributed by atoms with Crippen molar-refractivity contribution in [2.75, 3.05) is 0 Å². The van der Waals surface area contributed by atoms with Gasteiger partial charge in [0, 0.05) is 10.9 Å². The van der Waals surface area contributed by atoms with Crippen LogP contribution in [0.2, 0.25) is 5.02 Å². The summed E-state index contributed by atoms with van der Waals surface area (Å²) in [5, 5.41) is 0.628. The van der Waals surface area contributed by atoms with Crippen molar-refractivity contribution < 1.29 is 4.39 Å². The molecule has 1 N–H and O–H groups in total. The van der Waals surface area contributed by atoms with Gasteiger partial charge in [0.2, 0.25) is 0 Å². The SMILES string of the molecule is Fc1c(Cl)ccc2[nH][c]cc12. The van der Waals surface area contributed by atoms with Crippen LogP contribution in [0.5, 0.6) is 0 Å². The highest BCUT2D eigenvalue weighted by Gasteiger charge is 2.04. The predicted molar refractivity (Wildman–Crippen MR) is 42.1 cm³/mol. The second-order valence-electron chi connectivity index (χ2n) is 2.24. The molecule has 0 fully saturated rings. The third kappa shape index (κ3) is 0.906. The molecule has 0 spiro atoms. The lowest BCUT2D eigenvalue weighted by atomic mass is 10.2. The highest BCUT2D eigenvalue weighted by atomic mass is 35.5. The van der Waals surface area contributed by atoms with Gasteiger partial charge in [-0.25, -0.2) is 4.39 Å². The van der Waals surface area contributed by atoms with Crippen LogP contribution in [0.3, 0.4) is 0 Å². The van der Waals surface area contributed by atoms with Gasteiger partial charge in [-0.1, -0.05) is 11.6 Å². The first-order valence-corrected chi connectivity index (χ1v) is 3.49. The summed E-state index contributed by atoms with van der Waals surface area (Å²) >= 11 is 5.54. The lowest BCUT2D eigenvalue weighted by Gasteiger charge is -1.93. The molecular formula is C8H4ClFN. The first kappa shape index (κ1) is 6.68. The zero-order valence-electron chi connectivity index (χ0n) is 5.49. The second-order valence-corrected chi connectivity index (χ2v) is 2.64. The smallest absolute Gasteiger partial charge is 0.151 e. The molecule has 0 atom stereocenters. The standard InChI is InChI=1S/C8H4ClFN/c9-6-1-2-7-5(8(6)10)3-4-11-7/h1-3,11H. The van der Waals surface area contributed by atoms with Crippen LogP contribution in [0.4, 0.5) is 4.39 Å². The Labute approximate surface area is 67.8 Å². The third-order valence-corrected chi connectivity index (χ3v) is 1.85. The average Bonchev–Trinajstić information content (AvgIpc) is 2.45. The summed E-state index contributed by atoms with van der Waals surface area (Å²) in [5.41, 5.74) is 0.715. The molecule has 0 aliphatic heterocycles. The zero-order chi connectivity index (χ0) is 7.84. The first-order valence-electron chi connectivity index (χ1n) is 3.12. The largest absolute Gasteiger partial charge is 0.353 e. The normalized spacial score (nSPS) is 10.7. The summed E-state index contributed by atoms with van der Waals surface area (Å²) in [6.45, 7) is 0. The Bertz CT molecular complexity index is 394. The van der Waals surface area contributed by atoms with Crippen molar-refractivity contribution >= 4 is 22.5 Å². The Morgan fingerprint density at radius 1 is 1.45 bits per heavy atom. The number of halogens is 2. The van der Waals surface area contributed by atoms with E-state index in [0.717, 1.165) is 0 Å². The molecule has 2 aromatic rings. The van der Waals surface area contributed by atoms with Gasteiger partial charge in [0.05, 0.1) is 11.2 Å². The summed E-state index contributed by atoms with van der Waals surface area (Å²) in [5.74, 6) is -0.387. The lowest BCUT2D eigenvalue weighted by Crippen LogP contribution is -1.76.